The molecular formula is C47H50N2O7S. The smallest absolute Gasteiger partial charge is 0.407 e. The van der Waals surface area contributed by atoms with Crippen LogP contribution in [0.2, 0.25) is 0 Å². The van der Waals surface area contributed by atoms with Gasteiger partial charge in [0.2, 0.25) is 5.91 Å². The quantitative estimate of drug-likeness (QED) is 0.0541. The monoisotopic (exact) mass is 786 g/mol. The fourth-order valence-corrected chi connectivity index (χ4v) is 8.73. The molecule has 0 spiro atoms. The largest absolute Gasteiger partial charge is 0.449 e. The first kappa shape index (κ1) is 41.4. The van der Waals surface area contributed by atoms with Crippen LogP contribution >= 0.6 is 11.8 Å². The van der Waals surface area contributed by atoms with E-state index in [1.54, 1.807) is 11.8 Å². The van der Waals surface area contributed by atoms with E-state index in [0.29, 0.717) is 45.3 Å². The van der Waals surface area contributed by atoms with Gasteiger partial charge in [0.25, 0.3) is 0 Å². The Balaban J connectivity index is 0.843. The molecule has 0 aliphatic heterocycles. The fraction of sp³-hybridized carbons (Fsp3) is 0.298. The first-order valence-electron chi connectivity index (χ1n) is 19.4. The van der Waals surface area contributed by atoms with E-state index in [0.717, 1.165) is 16.7 Å². The predicted octanol–water partition coefficient (Wildman–Crippen LogP) is 7.76. The number of hydrogen-bond acceptors (Lipinski definition) is 8. The van der Waals surface area contributed by atoms with E-state index in [2.05, 4.69) is 71.3 Å². The van der Waals surface area contributed by atoms with E-state index < -0.39 is 16.9 Å². The number of ether oxygens (including phenoxy) is 4. The van der Waals surface area contributed by atoms with E-state index in [1.165, 1.54) is 29.2 Å². The Morgan fingerprint density at radius 2 is 1.07 bits per heavy atom. The van der Waals surface area contributed by atoms with Gasteiger partial charge in [0, 0.05) is 24.6 Å². The summed E-state index contributed by atoms with van der Waals surface area (Å²) in [5.41, 5.74) is 7.98. The van der Waals surface area contributed by atoms with Crippen molar-refractivity contribution in [2.75, 3.05) is 58.5 Å². The van der Waals surface area contributed by atoms with Crippen molar-refractivity contribution >= 4 is 29.5 Å². The van der Waals surface area contributed by atoms with Crippen LogP contribution in [0.15, 0.2) is 140 Å². The minimum Gasteiger partial charge on any atom is -0.449 e. The van der Waals surface area contributed by atoms with Gasteiger partial charge in [0.05, 0.1) is 50.4 Å². The highest BCUT2D eigenvalue weighted by molar-refractivity contribution is 8.00. The van der Waals surface area contributed by atoms with Crippen LogP contribution in [-0.2, 0) is 33.3 Å². The molecule has 6 rings (SSSR count). The summed E-state index contributed by atoms with van der Waals surface area (Å²) < 4.78 is 21.7. The summed E-state index contributed by atoms with van der Waals surface area (Å²) in [6, 6.07) is 46.6. The van der Waals surface area contributed by atoms with Crippen molar-refractivity contribution in [1.29, 1.82) is 0 Å². The number of fused-ring (bicyclic) bond motifs is 3. The molecule has 57 heavy (non-hydrogen) atoms. The second kappa shape index (κ2) is 21.3. The summed E-state index contributed by atoms with van der Waals surface area (Å²) in [4.78, 5) is 38.1. The lowest BCUT2D eigenvalue weighted by molar-refractivity contribution is -0.127. The van der Waals surface area contributed by atoms with E-state index in [-0.39, 0.29) is 37.2 Å². The number of carbonyl (C=O) groups excluding carboxylic acids is 3. The van der Waals surface area contributed by atoms with Crippen molar-refractivity contribution in [2.45, 2.75) is 30.1 Å². The Morgan fingerprint density at radius 3 is 1.58 bits per heavy atom. The van der Waals surface area contributed by atoms with Crippen LogP contribution < -0.4 is 10.6 Å². The maximum Gasteiger partial charge on any atom is 0.407 e. The zero-order valence-electron chi connectivity index (χ0n) is 32.3. The van der Waals surface area contributed by atoms with Crippen LogP contribution in [0.25, 0.3) is 11.1 Å². The normalized spacial score (nSPS) is 12.6. The summed E-state index contributed by atoms with van der Waals surface area (Å²) in [5, 5.41) is 5.68. The third-order valence-corrected chi connectivity index (χ3v) is 11.6. The van der Waals surface area contributed by atoms with Gasteiger partial charge in [-0.25, -0.2) is 4.79 Å². The number of rotatable bonds is 22. The molecule has 10 heteroatoms. The maximum absolute atomic E-state index is 12.9. The summed E-state index contributed by atoms with van der Waals surface area (Å²) in [6.45, 7) is 4.00. The number of alkyl carbamates (subject to hydrolysis) is 1. The molecule has 2 N–H and O–H groups in total. The Hall–Kier alpha value is -5.26. The highest BCUT2D eigenvalue weighted by Crippen LogP contribution is 2.49. The maximum atomic E-state index is 12.9. The topological polar surface area (TPSA) is 112 Å². The van der Waals surface area contributed by atoms with Gasteiger partial charge < -0.3 is 29.6 Å². The lowest BCUT2D eigenvalue weighted by Crippen LogP contribution is -2.43. The third kappa shape index (κ3) is 11.0. The summed E-state index contributed by atoms with van der Waals surface area (Å²) in [6.07, 6.45) is -0.357. The van der Waals surface area contributed by atoms with Crippen LogP contribution in [0, 0.1) is 0 Å². The molecule has 5 aromatic carbocycles. The van der Waals surface area contributed by atoms with Gasteiger partial charge in [-0.3, -0.25) is 9.59 Å². The number of ketones is 1. The average molecular weight is 787 g/mol. The molecule has 9 nitrogen and oxygen atoms in total. The number of benzene rings is 5. The summed E-state index contributed by atoms with van der Waals surface area (Å²) >= 11 is 1.64. The van der Waals surface area contributed by atoms with E-state index in [1.807, 2.05) is 78.9 Å². The number of amides is 2. The average Bonchev–Trinajstić information content (AvgIpc) is 3.57. The molecule has 5 aromatic rings. The zero-order valence-corrected chi connectivity index (χ0v) is 33.1. The van der Waals surface area contributed by atoms with Crippen molar-refractivity contribution in [3.63, 3.8) is 0 Å². The Morgan fingerprint density at radius 1 is 0.614 bits per heavy atom. The standard InChI is InChI=1S/C47H50N2O7S/c1-35(50)44(34-57-47(36-15-5-2-6-16-36,37-17-7-3-8-18-37)38-19-9-4-10-20-38)49-45(51)25-27-53-29-31-55-32-30-54-28-26-48-46(52)56-33-43-41-23-13-11-21-39(41)40-22-12-14-24-42(40)43/h2-24,43-44H,25-34H2,1H3,(H,48,52)(H,49,51)/t44-/m0/s1. The SMILES string of the molecule is CC(=O)[C@H](CSC(c1ccccc1)(c1ccccc1)c1ccccc1)NC(=O)CCOCCOCCOCCNC(=O)OCC1c2ccccc2-c2ccccc21. The lowest BCUT2D eigenvalue weighted by Gasteiger charge is -2.36. The highest BCUT2D eigenvalue weighted by atomic mass is 32.2. The summed E-state index contributed by atoms with van der Waals surface area (Å²) in [7, 11) is 0. The minimum absolute atomic E-state index is 0.0128. The van der Waals surface area contributed by atoms with Crippen molar-refractivity contribution in [2.24, 2.45) is 0 Å². The molecule has 0 saturated heterocycles. The second-order valence-electron chi connectivity index (χ2n) is 13.7. The van der Waals surface area contributed by atoms with Crippen molar-refractivity contribution in [3.05, 3.63) is 167 Å². The summed E-state index contributed by atoms with van der Waals surface area (Å²) in [5.74, 6) is 0.0333. The van der Waals surface area contributed by atoms with Crippen LogP contribution in [-0.4, -0.2) is 82.4 Å². The Bertz CT molecular complexity index is 1890. The van der Waals surface area contributed by atoms with Gasteiger partial charge in [-0.05, 0) is 45.9 Å². The van der Waals surface area contributed by atoms with Gasteiger partial charge in [-0.2, -0.15) is 0 Å². The number of thioether (sulfide) groups is 1. The molecule has 0 fully saturated rings. The predicted molar refractivity (Wildman–Crippen MR) is 224 cm³/mol. The van der Waals surface area contributed by atoms with Gasteiger partial charge >= 0.3 is 6.09 Å². The van der Waals surface area contributed by atoms with E-state index in [9.17, 15) is 14.4 Å². The number of hydrogen-bond donors (Lipinski definition) is 2. The van der Waals surface area contributed by atoms with Crippen LogP contribution in [0.1, 0.15) is 47.1 Å². The molecule has 296 valence electrons. The zero-order chi connectivity index (χ0) is 39.7. The molecule has 1 atom stereocenters. The molecule has 1 aliphatic rings. The molecule has 0 unspecified atom stereocenters. The lowest BCUT2D eigenvalue weighted by atomic mass is 9.84. The van der Waals surface area contributed by atoms with Gasteiger partial charge in [0.15, 0.2) is 5.78 Å². The number of Topliss-reactive ketones (excluding diaryl/α,β-unsaturated/α-hetero) is 1. The van der Waals surface area contributed by atoms with Crippen molar-refractivity contribution in [3.8, 4) is 11.1 Å². The molecule has 0 aromatic heterocycles. The Labute approximate surface area is 339 Å². The van der Waals surface area contributed by atoms with Crippen molar-refractivity contribution < 1.29 is 33.3 Å². The van der Waals surface area contributed by atoms with Crippen LogP contribution in [0.4, 0.5) is 4.79 Å². The number of nitrogens with one attached hydrogen (secondary N) is 2. The molecule has 0 heterocycles. The molecular weight excluding hydrogens is 737 g/mol. The molecule has 0 radical (unpaired) electrons. The van der Waals surface area contributed by atoms with Crippen LogP contribution in [0.3, 0.4) is 0 Å². The van der Waals surface area contributed by atoms with Gasteiger partial charge in [-0.15, -0.1) is 11.8 Å². The minimum atomic E-state index is -0.671. The Kier molecular flexibility index (Phi) is 15.5. The van der Waals surface area contributed by atoms with E-state index in [4.69, 9.17) is 18.9 Å². The molecule has 1 aliphatic carbocycles. The molecule has 0 bridgehead atoms. The van der Waals surface area contributed by atoms with E-state index >= 15 is 0 Å². The third-order valence-electron chi connectivity index (χ3n) is 9.91. The first-order valence-corrected chi connectivity index (χ1v) is 20.4. The van der Waals surface area contributed by atoms with Gasteiger partial charge in [0.1, 0.15) is 6.61 Å². The molecule has 0 saturated carbocycles. The highest BCUT2D eigenvalue weighted by Gasteiger charge is 2.38. The fourth-order valence-electron chi connectivity index (χ4n) is 7.09. The molecule has 2 amide bonds. The van der Waals surface area contributed by atoms with Gasteiger partial charge in [-0.1, -0.05) is 140 Å². The number of carbonyl (C=O) groups is 3. The van der Waals surface area contributed by atoms with Crippen LogP contribution in [0.5, 0.6) is 0 Å². The first-order chi connectivity index (χ1) is 28.0. The van der Waals surface area contributed by atoms with Crippen molar-refractivity contribution in [1.82, 2.24) is 10.6 Å². The second-order valence-corrected chi connectivity index (χ2v) is 14.9.